The van der Waals surface area contributed by atoms with Crippen molar-refractivity contribution < 1.29 is 9.53 Å². The molecule has 0 bridgehead atoms. The maximum Gasteiger partial charge on any atom is 0.410 e. The summed E-state index contributed by atoms with van der Waals surface area (Å²) in [7, 11) is 0. The molecular weight excluding hydrogens is 288 g/mol. The lowest BCUT2D eigenvalue weighted by Crippen LogP contribution is -2.40. The summed E-state index contributed by atoms with van der Waals surface area (Å²) in [6.45, 7) is 11.5. The molecule has 0 unspecified atom stereocenters. The molecule has 23 heavy (non-hydrogen) atoms. The lowest BCUT2D eigenvalue weighted by Gasteiger charge is -2.31. The maximum atomic E-state index is 12.4. The van der Waals surface area contributed by atoms with Gasteiger partial charge in [0.1, 0.15) is 5.60 Å². The van der Waals surface area contributed by atoms with Crippen LogP contribution in [0.5, 0.6) is 0 Å². The summed E-state index contributed by atoms with van der Waals surface area (Å²) < 4.78 is 7.95. The first-order chi connectivity index (χ1) is 10.8. The molecule has 1 aromatic heterocycles. The van der Waals surface area contributed by atoms with Crippen LogP contribution in [0.4, 0.5) is 4.79 Å². The molecule has 4 heteroatoms. The first-order valence-electron chi connectivity index (χ1n) is 8.36. The van der Waals surface area contributed by atoms with E-state index in [1.54, 1.807) is 0 Å². The van der Waals surface area contributed by atoms with Gasteiger partial charge in [-0.05, 0) is 40.7 Å². The molecule has 1 aromatic carbocycles. The zero-order chi connectivity index (χ0) is 16.8. The van der Waals surface area contributed by atoms with Crippen molar-refractivity contribution in [3.8, 4) is 0 Å². The minimum absolute atomic E-state index is 0.218. The van der Waals surface area contributed by atoms with E-state index in [-0.39, 0.29) is 6.09 Å². The Morgan fingerprint density at radius 2 is 1.91 bits per heavy atom. The van der Waals surface area contributed by atoms with Crippen LogP contribution in [0.15, 0.2) is 24.3 Å². The van der Waals surface area contributed by atoms with Gasteiger partial charge in [-0.3, -0.25) is 0 Å². The predicted molar refractivity (Wildman–Crippen MR) is 92.7 cm³/mol. The Labute approximate surface area is 138 Å². The molecule has 1 amide bonds. The molecule has 0 saturated carbocycles. The second kappa shape index (κ2) is 5.59. The summed E-state index contributed by atoms with van der Waals surface area (Å²) in [5.41, 5.74) is 3.44. The maximum absolute atomic E-state index is 12.4. The van der Waals surface area contributed by atoms with E-state index in [0.717, 1.165) is 6.42 Å². The fourth-order valence-corrected chi connectivity index (χ4v) is 3.42. The van der Waals surface area contributed by atoms with Crippen LogP contribution >= 0.6 is 0 Å². The van der Waals surface area contributed by atoms with Crippen LogP contribution in [0.1, 0.15) is 51.9 Å². The Bertz CT molecular complexity index is 738. The van der Waals surface area contributed by atoms with Crippen LogP contribution in [0.3, 0.4) is 0 Å². The van der Waals surface area contributed by atoms with Gasteiger partial charge in [0.25, 0.3) is 0 Å². The smallest absolute Gasteiger partial charge is 0.410 e. The summed E-state index contributed by atoms with van der Waals surface area (Å²) in [6, 6.07) is 8.89. The van der Waals surface area contributed by atoms with Crippen molar-refractivity contribution in [3.05, 3.63) is 35.5 Å². The van der Waals surface area contributed by atoms with Crippen molar-refractivity contribution in [2.45, 2.75) is 59.2 Å². The first-order valence-corrected chi connectivity index (χ1v) is 8.36. The average molecular weight is 314 g/mol. The summed E-state index contributed by atoms with van der Waals surface area (Å²) in [5.74, 6) is 0. The van der Waals surface area contributed by atoms with Crippen LogP contribution < -0.4 is 0 Å². The third-order valence-corrected chi connectivity index (χ3v) is 4.26. The number of benzene rings is 1. The molecule has 1 aliphatic heterocycles. The molecule has 4 nitrogen and oxygen atoms in total. The Hall–Kier alpha value is -1.97. The summed E-state index contributed by atoms with van der Waals surface area (Å²) in [6.07, 6.45) is 0.658. The number of fused-ring (bicyclic) bond motifs is 3. The molecule has 0 radical (unpaired) electrons. The Balaban J connectivity index is 1.98. The van der Waals surface area contributed by atoms with Crippen molar-refractivity contribution >= 4 is 17.0 Å². The number of carbonyl (C=O) groups is 1. The molecule has 0 saturated heterocycles. The monoisotopic (exact) mass is 314 g/mol. The van der Waals surface area contributed by atoms with Crippen molar-refractivity contribution in [2.24, 2.45) is 0 Å². The minimum atomic E-state index is -0.455. The quantitative estimate of drug-likeness (QED) is 0.776. The average Bonchev–Trinajstić information content (AvgIpc) is 2.79. The highest BCUT2D eigenvalue weighted by atomic mass is 16.6. The standard InChI is InChI=1S/C19H26N2O2/c1-13(2)21-16-9-7-6-8-14(16)15-12-20(11-10-17(15)21)18(22)23-19(3,4)5/h6-9,13H,10-12H2,1-5H3. The Kier molecular flexibility index (Phi) is 3.86. The zero-order valence-corrected chi connectivity index (χ0v) is 14.7. The van der Waals surface area contributed by atoms with E-state index < -0.39 is 5.60 Å². The van der Waals surface area contributed by atoms with Gasteiger partial charge in [-0.25, -0.2) is 4.79 Å². The number of rotatable bonds is 1. The molecule has 1 aliphatic rings. The number of hydrogen-bond acceptors (Lipinski definition) is 2. The molecular formula is C19H26N2O2. The van der Waals surface area contributed by atoms with E-state index in [9.17, 15) is 4.79 Å². The van der Waals surface area contributed by atoms with Gasteiger partial charge < -0.3 is 14.2 Å². The molecule has 0 N–H and O–H groups in total. The number of carbonyl (C=O) groups excluding carboxylic acids is 1. The zero-order valence-electron chi connectivity index (χ0n) is 14.7. The van der Waals surface area contributed by atoms with Gasteiger partial charge in [0.05, 0.1) is 6.54 Å². The Morgan fingerprint density at radius 1 is 1.22 bits per heavy atom. The second-order valence-corrected chi connectivity index (χ2v) is 7.56. The first kappa shape index (κ1) is 15.9. The molecule has 3 rings (SSSR count). The van der Waals surface area contributed by atoms with Gasteiger partial charge in [0.2, 0.25) is 0 Å². The van der Waals surface area contributed by atoms with Crippen LogP contribution in [0.2, 0.25) is 0 Å². The highest BCUT2D eigenvalue weighted by Crippen LogP contribution is 2.33. The van der Waals surface area contributed by atoms with Crippen LogP contribution in [0, 0.1) is 0 Å². The molecule has 0 fully saturated rings. The van der Waals surface area contributed by atoms with E-state index in [1.165, 1.54) is 22.2 Å². The van der Waals surface area contributed by atoms with Gasteiger partial charge in [0.15, 0.2) is 0 Å². The number of amides is 1. The lowest BCUT2D eigenvalue weighted by molar-refractivity contribution is 0.0223. The third kappa shape index (κ3) is 2.94. The van der Waals surface area contributed by atoms with E-state index in [2.05, 4.69) is 42.7 Å². The largest absolute Gasteiger partial charge is 0.444 e. The van der Waals surface area contributed by atoms with Crippen molar-refractivity contribution in [1.82, 2.24) is 9.47 Å². The number of para-hydroxylation sites is 1. The van der Waals surface area contributed by atoms with Gasteiger partial charge in [0, 0.05) is 41.2 Å². The molecule has 124 valence electrons. The second-order valence-electron chi connectivity index (χ2n) is 7.56. The normalized spacial score (nSPS) is 15.1. The topological polar surface area (TPSA) is 34.5 Å². The molecule has 0 aliphatic carbocycles. The molecule has 0 atom stereocenters. The fraction of sp³-hybridized carbons (Fsp3) is 0.526. The third-order valence-electron chi connectivity index (χ3n) is 4.26. The lowest BCUT2D eigenvalue weighted by atomic mass is 10.0. The summed E-state index contributed by atoms with van der Waals surface area (Å²) in [4.78, 5) is 14.2. The SMILES string of the molecule is CC(C)n1c2c(c3ccccc31)CN(C(=O)OC(C)(C)C)CC2. The van der Waals surface area contributed by atoms with Gasteiger partial charge in [-0.1, -0.05) is 18.2 Å². The Morgan fingerprint density at radius 3 is 2.57 bits per heavy atom. The minimum Gasteiger partial charge on any atom is -0.444 e. The van der Waals surface area contributed by atoms with E-state index in [1.807, 2.05) is 25.7 Å². The van der Waals surface area contributed by atoms with E-state index in [4.69, 9.17) is 4.74 Å². The fourth-order valence-electron chi connectivity index (χ4n) is 3.42. The van der Waals surface area contributed by atoms with Crippen molar-refractivity contribution in [1.29, 1.82) is 0 Å². The van der Waals surface area contributed by atoms with Gasteiger partial charge in [-0.2, -0.15) is 0 Å². The molecule has 2 heterocycles. The van der Waals surface area contributed by atoms with Crippen LogP contribution in [-0.4, -0.2) is 27.7 Å². The number of aromatic nitrogens is 1. The number of nitrogens with zero attached hydrogens (tertiary/aromatic N) is 2. The molecule has 0 spiro atoms. The highest BCUT2D eigenvalue weighted by Gasteiger charge is 2.29. The molecule has 2 aromatic rings. The van der Waals surface area contributed by atoms with Crippen LogP contribution in [-0.2, 0) is 17.7 Å². The van der Waals surface area contributed by atoms with Gasteiger partial charge >= 0.3 is 6.09 Å². The van der Waals surface area contributed by atoms with E-state index >= 15 is 0 Å². The van der Waals surface area contributed by atoms with Crippen LogP contribution in [0.25, 0.3) is 10.9 Å². The summed E-state index contributed by atoms with van der Waals surface area (Å²) in [5, 5.41) is 1.25. The summed E-state index contributed by atoms with van der Waals surface area (Å²) >= 11 is 0. The van der Waals surface area contributed by atoms with Crippen molar-refractivity contribution in [2.75, 3.05) is 6.54 Å². The predicted octanol–water partition coefficient (Wildman–Crippen LogP) is 4.52. The van der Waals surface area contributed by atoms with Crippen molar-refractivity contribution in [3.63, 3.8) is 0 Å². The number of hydrogen-bond donors (Lipinski definition) is 0. The van der Waals surface area contributed by atoms with E-state index in [0.29, 0.717) is 19.1 Å². The highest BCUT2D eigenvalue weighted by molar-refractivity contribution is 5.86. The number of ether oxygens (including phenoxy) is 1. The van der Waals surface area contributed by atoms with Gasteiger partial charge in [-0.15, -0.1) is 0 Å².